The van der Waals surface area contributed by atoms with Gasteiger partial charge in [0.15, 0.2) is 0 Å². The minimum atomic E-state index is 0.135. The van der Waals surface area contributed by atoms with E-state index in [2.05, 4.69) is 51.1 Å². The molecule has 5 rings (SSSR count). The Morgan fingerprint density at radius 2 is 1.65 bits per heavy atom. The maximum atomic E-state index is 13.8. The lowest BCUT2D eigenvalue weighted by molar-refractivity contribution is 0.0708. The van der Waals surface area contributed by atoms with E-state index in [4.69, 9.17) is 4.98 Å². The number of anilines is 1. The molecule has 0 N–H and O–H groups in total. The van der Waals surface area contributed by atoms with Crippen LogP contribution < -0.4 is 4.90 Å². The van der Waals surface area contributed by atoms with Crippen molar-refractivity contribution in [3.05, 3.63) is 83.9 Å². The van der Waals surface area contributed by atoms with E-state index in [0.29, 0.717) is 6.04 Å². The van der Waals surface area contributed by atoms with Crippen LogP contribution in [0.1, 0.15) is 41.6 Å². The van der Waals surface area contributed by atoms with Gasteiger partial charge in [0.2, 0.25) is 0 Å². The highest BCUT2D eigenvalue weighted by Gasteiger charge is 2.32. The summed E-state index contributed by atoms with van der Waals surface area (Å²) in [6.07, 6.45) is 4.74. The predicted molar refractivity (Wildman–Crippen MR) is 138 cm³/mol. The van der Waals surface area contributed by atoms with Crippen molar-refractivity contribution >= 4 is 11.7 Å². The zero-order valence-corrected chi connectivity index (χ0v) is 20.1. The Balaban J connectivity index is 1.44. The zero-order chi connectivity index (χ0) is 23.3. The van der Waals surface area contributed by atoms with E-state index in [9.17, 15) is 4.79 Å². The first-order valence-corrected chi connectivity index (χ1v) is 12.5. The van der Waals surface area contributed by atoms with E-state index in [1.165, 1.54) is 31.5 Å². The van der Waals surface area contributed by atoms with Crippen LogP contribution in [0, 0.1) is 0 Å². The van der Waals surface area contributed by atoms with Crippen LogP contribution in [-0.4, -0.2) is 60.0 Å². The van der Waals surface area contributed by atoms with E-state index < -0.39 is 0 Å². The smallest absolute Gasteiger partial charge is 0.254 e. The number of carbonyl (C=O) groups is 1. The fourth-order valence-corrected chi connectivity index (χ4v) is 5.25. The molecule has 176 valence electrons. The highest BCUT2D eigenvalue weighted by Crippen LogP contribution is 2.27. The van der Waals surface area contributed by atoms with Crippen LogP contribution in [0.4, 0.5) is 5.82 Å². The molecular formula is C29H34N4O. The molecule has 0 spiro atoms. The van der Waals surface area contributed by atoms with Crippen molar-refractivity contribution in [1.82, 2.24) is 14.8 Å². The molecule has 0 bridgehead atoms. The molecule has 2 saturated heterocycles. The van der Waals surface area contributed by atoms with Crippen LogP contribution in [-0.2, 0) is 6.54 Å². The van der Waals surface area contributed by atoms with E-state index in [1.807, 2.05) is 43.4 Å². The molecule has 2 aliphatic heterocycles. The van der Waals surface area contributed by atoms with Gasteiger partial charge in [0.25, 0.3) is 5.91 Å². The summed E-state index contributed by atoms with van der Waals surface area (Å²) in [6, 6.07) is 24.8. The van der Waals surface area contributed by atoms with Crippen LogP contribution in [0.15, 0.2) is 72.8 Å². The van der Waals surface area contributed by atoms with Crippen LogP contribution in [0.5, 0.6) is 0 Å². The molecule has 3 heterocycles. The second-order valence-electron chi connectivity index (χ2n) is 9.61. The van der Waals surface area contributed by atoms with Crippen molar-refractivity contribution in [2.75, 3.05) is 38.1 Å². The molecule has 0 radical (unpaired) electrons. The molecule has 5 nitrogen and oxygen atoms in total. The third-order valence-corrected chi connectivity index (χ3v) is 7.09. The van der Waals surface area contributed by atoms with E-state index >= 15 is 0 Å². The van der Waals surface area contributed by atoms with Crippen molar-refractivity contribution in [3.8, 4) is 11.3 Å². The van der Waals surface area contributed by atoms with Gasteiger partial charge in [-0.3, -0.25) is 4.79 Å². The normalized spacial score (nSPS) is 18.4. The number of benzene rings is 2. The van der Waals surface area contributed by atoms with E-state index in [-0.39, 0.29) is 5.91 Å². The topological polar surface area (TPSA) is 39.7 Å². The zero-order valence-electron chi connectivity index (χ0n) is 20.1. The van der Waals surface area contributed by atoms with Gasteiger partial charge in [0.05, 0.1) is 5.69 Å². The predicted octanol–water partition coefficient (Wildman–Crippen LogP) is 5.09. The van der Waals surface area contributed by atoms with Crippen LogP contribution in [0.3, 0.4) is 0 Å². The van der Waals surface area contributed by atoms with Gasteiger partial charge in [-0.1, -0.05) is 60.7 Å². The second kappa shape index (κ2) is 10.4. The molecule has 2 aromatic carbocycles. The lowest BCUT2D eigenvalue weighted by Gasteiger charge is -2.29. The molecule has 5 heteroatoms. The molecule has 2 fully saturated rings. The molecule has 2 aliphatic rings. The summed E-state index contributed by atoms with van der Waals surface area (Å²) in [5.41, 5.74) is 3.82. The Hall–Kier alpha value is -3.18. The monoisotopic (exact) mass is 454 g/mol. The Morgan fingerprint density at radius 3 is 2.38 bits per heavy atom. The minimum Gasteiger partial charge on any atom is -0.355 e. The molecule has 1 amide bonds. The number of hydrogen-bond donors (Lipinski definition) is 0. The summed E-state index contributed by atoms with van der Waals surface area (Å²) in [4.78, 5) is 25.5. The standard InChI is InChI=1S/C29H34N4O/c1-31(21-23-11-4-2-5-12-23)28-20-25(19-27(30-28)24-13-6-3-7-14-24)29(34)33-18-10-15-26(33)22-32-16-8-9-17-32/h2-7,11-14,19-20,26H,8-10,15-18,21-22H2,1H3/t26-/m0/s1. The van der Waals surface area contributed by atoms with Crippen molar-refractivity contribution < 1.29 is 4.79 Å². The largest absolute Gasteiger partial charge is 0.355 e. The number of likely N-dealkylation sites (tertiary alicyclic amines) is 2. The lowest BCUT2D eigenvalue weighted by Crippen LogP contribution is -2.42. The molecule has 1 atom stereocenters. The Labute approximate surface area is 203 Å². The molecular weight excluding hydrogens is 420 g/mol. The van der Waals surface area contributed by atoms with Crippen molar-refractivity contribution in [2.45, 2.75) is 38.3 Å². The number of nitrogens with zero attached hydrogens (tertiary/aromatic N) is 4. The van der Waals surface area contributed by atoms with Crippen molar-refractivity contribution in [2.24, 2.45) is 0 Å². The quantitative estimate of drug-likeness (QED) is 0.499. The fraction of sp³-hybridized carbons (Fsp3) is 0.379. The first kappa shape index (κ1) is 22.6. The fourth-order valence-electron chi connectivity index (χ4n) is 5.25. The minimum absolute atomic E-state index is 0.135. The molecule has 0 saturated carbocycles. The van der Waals surface area contributed by atoms with Gasteiger partial charge in [0, 0.05) is 43.9 Å². The summed E-state index contributed by atoms with van der Waals surface area (Å²) in [7, 11) is 2.05. The van der Waals surface area contributed by atoms with Crippen LogP contribution in [0.25, 0.3) is 11.3 Å². The van der Waals surface area contributed by atoms with E-state index in [0.717, 1.165) is 55.1 Å². The molecule has 34 heavy (non-hydrogen) atoms. The Kier molecular flexibility index (Phi) is 6.91. The van der Waals surface area contributed by atoms with Gasteiger partial charge in [0.1, 0.15) is 5.82 Å². The van der Waals surface area contributed by atoms with Gasteiger partial charge >= 0.3 is 0 Å². The summed E-state index contributed by atoms with van der Waals surface area (Å²) in [6.45, 7) is 4.92. The average molecular weight is 455 g/mol. The number of hydrogen-bond acceptors (Lipinski definition) is 4. The maximum absolute atomic E-state index is 13.8. The molecule has 0 aliphatic carbocycles. The molecule has 1 aromatic heterocycles. The van der Waals surface area contributed by atoms with Gasteiger partial charge in [-0.25, -0.2) is 4.98 Å². The summed E-state index contributed by atoms with van der Waals surface area (Å²) in [5, 5.41) is 0. The lowest BCUT2D eigenvalue weighted by atomic mass is 10.1. The first-order valence-electron chi connectivity index (χ1n) is 12.5. The van der Waals surface area contributed by atoms with Gasteiger partial charge in [-0.15, -0.1) is 0 Å². The van der Waals surface area contributed by atoms with Crippen LogP contribution >= 0.6 is 0 Å². The van der Waals surface area contributed by atoms with E-state index in [1.54, 1.807) is 0 Å². The first-order chi connectivity index (χ1) is 16.7. The summed E-state index contributed by atoms with van der Waals surface area (Å²) < 4.78 is 0. The van der Waals surface area contributed by atoms with Gasteiger partial charge < -0.3 is 14.7 Å². The third kappa shape index (κ3) is 5.15. The number of pyridine rings is 1. The van der Waals surface area contributed by atoms with Crippen LogP contribution in [0.2, 0.25) is 0 Å². The maximum Gasteiger partial charge on any atom is 0.254 e. The average Bonchev–Trinajstić information content (AvgIpc) is 3.57. The third-order valence-electron chi connectivity index (χ3n) is 7.09. The number of rotatable bonds is 7. The Morgan fingerprint density at radius 1 is 0.941 bits per heavy atom. The van der Waals surface area contributed by atoms with Crippen molar-refractivity contribution in [3.63, 3.8) is 0 Å². The van der Waals surface area contributed by atoms with Gasteiger partial charge in [-0.05, 0) is 56.5 Å². The van der Waals surface area contributed by atoms with Gasteiger partial charge in [-0.2, -0.15) is 0 Å². The number of aromatic nitrogens is 1. The summed E-state index contributed by atoms with van der Waals surface area (Å²) >= 11 is 0. The Bertz CT molecular complexity index is 1100. The second-order valence-corrected chi connectivity index (χ2v) is 9.61. The van der Waals surface area contributed by atoms with Crippen molar-refractivity contribution in [1.29, 1.82) is 0 Å². The molecule has 0 unspecified atom stereocenters. The highest BCUT2D eigenvalue weighted by molar-refractivity contribution is 5.96. The highest BCUT2D eigenvalue weighted by atomic mass is 16.2. The number of carbonyl (C=O) groups excluding carboxylic acids is 1. The SMILES string of the molecule is CN(Cc1ccccc1)c1cc(C(=O)N2CCC[C@H]2CN2CCCC2)cc(-c2ccccc2)n1. The molecule has 3 aromatic rings. The summed E-state index contributed by atoms with van der Waals surface area (Å²) in [5.74, 6) is 0.958. The number of amides is 1.